The molecule has 0 amide bonds. The van der Waals surface area contributed by atoms with Crippen LogP contribution in [0.4, 0.5) is 4.79 Å². The Morgan fingerprint density at radius 2 is 1.67 bits per heavy atom. The Labute approximate surface area is 70.0 Å². The van der Waals surface area contributed by atoms with Crippen molar-refractivity contribution in [2.75, 3.05) is 19.8 Å². The molecule has 6 heteroatoms. The summed E-state index contributed by atoms with van der Waals surface area (Å²) in [5.74, 6) is 0. The van der Waals surface area contributed by atoms with Gasteiger partial charge in [0.25, 0.3) is 0 Å². The van der Waals surface area contributed by atoms with Gasteiger partial charge in [0, 0.05) is 6.61 Å². The van der Waals surface area contributed by atoms with E-state index in [2.05, 4.69) is 4.74 Å². The van der Waals surface area contributed by atoms with Gasteiger partial charge in [0.15, 0.2) is 6.10 Å². The van der Waals surface area contributed by atoms with Crippen molar-refractivity contribution in [3.63, 3.8) is 0 Å². The predicted molar refractivity (Wildman–Crippen MR) is 39.8 cm³/mol. The first-order chi connectivity index (χ1) is 5.62. The topological polar surface area (TPSA) is 107 Å². The number of ether oxygens (including phenoxy) is 1. The molecule has 74 valence electrons. The minimum atomic E-state index is -1.50. The zero-order valence-corrected chi connectivity index (χ0v) is 6.80. The minimum Gasteiger partial charge on any atom is -0.450 e. The van der Waals surface area contributed by atoms with Crippen LogP contribution in [-0.4, -0.2) is 52.5 Å². The lowest BCUT2D eigenvalue weighted by molar-refractivity contribution is -0.00279. The first-order valence-electron chi connectivity index (χ1n) is 3.34. The summed E-state index contributed by atoms with van der Waals surface area (Å²) in [4.78, 5) is 9.68. The van der Waals surface area contributed by atoms with Gasteiger partial charge < -0.3 is 25.2 Å². The fourth-order valence-corrected chi connectivity index (χ4v) is 0.275. The van der Waals surface area contributed by atoms with E-state index in [1.807, 2.05) is 0 Å². The fourth-order valence-electron chi connectivity index (χ4n) is 0.275. The highest BCUT2D eigenvalue weighted by Gasteiger charge is 2.09. The maximum absolute atomic E-state index is 9.68. The van der Waals surface area contributed by atoms with Crippen LogP contribution in [-0.2, 0) is 4.74 Å². The van der Waals surface area contributed by atoms with Crippen LogP contribution >= 0.6 is 0 Å². The van der Waals surface area contributed by atoms with Crippen LogP contribution in [0.25, 0.3) is 0 Å². The third kappa shape index (κ3) is 11.9. The Balaban J connectivity index is 0. The molecule has 4 N–H and O–H groups in total. The van der Waals surface area contributed by atoms with Crippen LogP contribution in [0.2, 0.25) is 0 Å². The zero-order chi connectivity index (χ0) is 9.98. The van der Waals surface area contributed by atoms with Crippen LogP contribution in [0.15, 0.2) is 0 Å². The second-order valence-electron chi connectivity index (χ2n) is 1.69. The molecule has 0 rings (SSSR count). The summed E-state index contributed by atoms with van der Waals surface area (Å²) < 4.78 is 3.97. The van der Waals surface area contributed by atoms with E-state index in [-0.39, 0.29) is 6.61 Å². The average molecular weight is 182 g/mol. The zero-order valence-electron chi connectivity index (χ0n) is 6.80. The second-order valence-corrected chi connectivity index (χ2v) is 1.69. The molecule has 6 nitrogen and oxygen atoms in total. The van der Waals surface area contributed by atoms with Gasteiger partial charge in [-0.15, -0.1) is 0 Å². The average Bonchev–Trinajstić information content (AvgIpc) is 2.01. The summed E-state index contributed by atoms with van der Waals surface area (Å²) in [6, 6.07) is 0. The van der Waals surface area contributed by atoms with Crippen LogP contribution in [0.5, 0.6) is 0 Å². The first-order valence-corrected chi connectivity index (χ1v) is 3.34. The summed E-state index contributed by atoms with van der Waals surface area (Å²) >= 11 is 0. The van der Waals surface area contributed by atoms with Gasteiger partial charge in [0.05, 0.1) is 13.2 Å². The van der Waals surface area contributed by atoms with Crippen LogP contribution < -0.4 is 0 Å². The molecule has 0 heterocycles. The molecular formula is C6H14O6. The highest BCUT2D eigenvalue weighted by Crippen LogP contribution is 1.88. The smallest absolute Gasteiger partial charge is 0.450 e. The molecule has 0 saturated heterocycles. The standard InChI is InChI=1S/C4H8O5.C2H6O/c5-1-3(2-6)9-4(7)8;1-2-3/h3,5-6H,1-2H2,(H,7,8);3H,2H2,1H3. The Morgan fingerprint density at radius 3 is 1.75 bits per heavy atom. The SMILES string of the molecule is CCO.O=C(O)OC(CO)CO. The van der Waals surface area contributed by atoms with E-state index in [0.717, 1.165) is 0 Å². The third-order valence-corrected chi connectivity index (χ3v) is 0.675. The van der Waals surface area contributed by atoms with Gasteiger partial charge in [-0.2, -0.15) is 0 Å². The van der Waals surface area contributed by atoms with E-state index >= 15 is 0 Å². The molecule has 0 unspecified atom stereocenters. The van der Waals surface area contributed by atoms with Crippen LogP contribution in [0, 0.1) is 0 Å². The Hall–Kier alpha value is -0.850. The number of rotatable bonds is 3. The predicted octanol–water partition coefficient (Wildman–Crippen LogP) is -0.967. The molecule has 0 saturated carbocycles. The van der Waals surface area contributed by atoms with Gasteiger partial charge in [-0.1, -0.05) is 0 Å². The quantitative estimate of drug-likeness (QED) is 0.418. The molecule has 0 fully saturated rings. The summed E-state index contributed by atoms with van der Waals surface area (Å²) in [5, 5.41) is 31.9. The summed E-state index contributed by atoms with van der Waals surface area (Å²) in [6.07, 6.45) is -2.51. The van der Waals surface area contributed by atoms with Crippen LogP contribution in [0.1, 0.15) is 6.92 Å². The molecule has 0 aromatic rings. The van der Waals surface area contributed by atoms with Crippen molar-refractivity contribution in [1.29, 1.82) is 0 Å². The highest BCUT2D eigenvalue weighted by atomic mass is 16.7. The van der Waals surface area contributed by atoms with Crippen molar-refractivity contribution in [3.05, 3.63) is 0 Å². The molecule has 0 aliphatic rings. The number of hydrogen-bond acceptors (Lipinski definition) is 5. The van der Waals surface area contributed by atoms with Gasteiger partial charge >= 0.3 is 6.16 Å². The molecule has 0 atom stereocenters. The van der Waals surface area contributed by atoms with Gasteiger partial charge in [0.1, 0.15) is 0 Å². The molecule has 0 aromatic heterocycles. The number of carbonyl (C=O) groups is 1. The van der Waals surface area contributed by atoms with Crippen molar-refractivity contribution in [2.45, 2.75) is 13.0 Å². The number of aliphatic hydroxyl groups is 3. The van der Waals surface area contributed by atoms with Crippen molar-refractivity contribution >= 4 is 6.16 Å². The van der Waals surface area contributed by atoms with Crippen LogP contribution in [0.3, 0.4) is 0 Å². The molecule has 0 radical (unpaired) electrons. The highest BCUT2D eigenvalue weighted by molar-refractivity contribution is 5.57. The minimum absolute atomic E-state index is 0.250. The Kier molecular flexibility index (Phi) is 11.6. The molecule has 0 aliphatic carbocycles. The lowest BCUT2D eigenvalue weighted by atomic mass is 10.4. The van der Waals surface area contributed by atoms with Crippen molar-refractivity contribution in [1.82, 2.24) is 0 Å². The number of aliphatic hydroxyl groups excluding tert-OH is 3. The van der Waals surface area contributed by atoms with Gasteiger partial charge in [-0.3, -0.25) is 0 Å². The summed E-state index contributed by atoms with van der Waals surface area (Å²) in [5.41, 5.74) is 0. The van der Waals surface area contributed by atoms with Crippen molar-refractivity contribution < 1.29 is 30.0 Å². The van der Waals surface area contributed by atoms with Gasteiger partial charge in [0.2, 0.25) is 0 Å². The van der Waals surface area contributed by atoms with E-state index in [9.17, 15) is 4.79 Å². The second kappa shape index (κ2) is 10.2. The fraction of sp³-hybridized carbons (Fsp3) is 0.833. The molecule has 12 heavy (non-hydrogen) atoms. The van der Waals surface area contributed by atoms with Gasteiger partial charge in [-0.05, 0) is 6.92 Å². The van der Waals surface area contributed by atoms with Gasteiger partial charge in [-0.25, -0.2) is 4.79 Å². The number of hydrogen-bond donors (Lipinski definition) is 4. The largest absolute Gasteiger partial charge is 0.506 e. The van der Waals surface area contributed by atoms with E-state index in [4.69, 9.17) is 20.4 Å². The first kappa shape index (κ1) is 13.7. The van der Waals surface area contributed by atoms with E-state index in [0.29, 0.717) is 0 Å². The number of carboxylic acid groups (broad SMARTS) is 1. The molecule has 0 spiro atoms. The molecule has 0 bridgehead atoms. The normalized spacial score (nSPS) is 8.75. The summed E-state index contributed by atoms with van der Waals surface area (Å²) in [7, 11) is 0. The Morgan fingerprint density at radius 1 is 1.33 bits per heavy atom. The third-order valence-electron chi connectivity index (χ3n) is 0.675. The maximum atomic E-state index is 9.68. The Bertz CT molecular complexity index is 100. The molecule has 0 aromatic carbocycles. The van der Waals surface area contributed by atoms with Crippen molar-refractivity contribution in [2.24, 2.45) is 0 Å². The molecule has 0 aliphatic heterocycles. The van der Waals surface area contributed by atoms with E-state index in [1.165, 1.54) is 0 Å². The summed E-state index contributed by atoms with van der Waals surface area (Å²) in [6.45, 7) is 0.936. The maximum Gasteiger partial charge on any atom is 0.506 e. The lowest BCUT2D eigenvalue weighted by Crippen LogP contribution is -2.24. The van der Waals surface area contributed by atoms with E-state index in [1.54, 1.807) is 6.92 Å². The lowest BCUT2D eigenvalue weighted by Gasteiger charge is -2.07. The van der Waals surface area contributed by atoms with E-state index < -0.39 is 25.5 Å². The molecular weight excluding hydrogens is 168 g/mol. The monoisotopic (exact) mass is 182 g/mol. The van der Waals surface area contributed by atoms with Crippen molar-refractivity contribution in [3.8, 4) is 0 Å².